The van der Waals surface area contributed by atoms with E-state index in [0.717, 1.165) is 10.4 Å². The van der Waals surface area contributed by atoms with Gasteiger partial charge >= 0.3 is 12.3 Å². The summed E-state index contributed by atoms with van der Waals surface area (Å²) < 4.78 is 106. The molecule has 1 unspecified atom stereocenters. The number of nitrogens with zero attached hydrogens (tertiary/aromatic N) is 3. The average molecular weight is 724 g/mol. The first kappa shape index (κ1) is 36.2. The Morgan fingerprint density at radius 2 is 1.79 bits per heavy atom. The van der Waals surface area contributed by atoms with E-state index < -0.39 is 66.6 Å². The van der Waals surface area contributed by atoms with Gasteiger partial charge in [-0.1, -0.05) is 23.4 Å². The predicted molar refractivity (Wildman–Crippen MR) is 165 cm³/mol. The molecule has 1 aliphatic carbocycles. The Kier molecular flexibility index (Phi) is 9.29. The molecule has 1 aromatic heterocycles. The van der Waals surface area contributed by atoms with Crippen LogP contribution in [0.1, 0.15) is 54.4 Å². The third-order valence-electron chi connectivity index (χ3n) is 7.37. The Bertz CT molecular complexity index is 1870. The number of fused-ring (bicyclic) bond motifs is 1. The Balaban J connectivity index is 1.68. The minimum Gasteiger partial charge on any atom is -0.474 e. The fourth-order valence-corrected chi connectivity index (χ4v) is 6.69. The number of alkyl halides is 3. The van der Waals surface area contributed by atoms with E-state index in [1.807, 2.05) is 0 Å². The van der Waals surface area contributed by atoms with Crippen LogP contribution >= 0.6 is 11.6 Å². The van der Waals surface area contributed by atoms with E-state index in [4.69, 9.17) is 16.3 Å². The van der Waals surface area contributed by atoms with Gasteiger partial charge in [-0.2, -0.15) is 18.3 Å². The maximum absolute atomic E-state index is 14.0. The van der Waals surface area contributed by atoms with Crippen LogP contribution in [0, 0.1) is 17.3 Å². The molecule has 258 valence electrons. The summed E-state index contributed by atoms with van der Waals surface area (Å²) in [4.78, 5) is 24.9. The number of benzene rings is 1. The summed E-state index contributed by atoms with van der Waals surface area (Å²) >= 11 is 6.18. The Morgan fingerprint density at radius 3 is 2.32 bits per heavy atom. The highest BCUT2D eigenvalue weighted by Gasteiger charge is 2.52. The number of ether oxygens (including phenoxy) is 2. The molecule has 2 aromatic rings. The van der Waals surface area contributed by atoms with Crippen LogP contribution in [0.2, 0.25) is 5.15 Å². The van der Waals surface area contributed by atoms with Gasteiger partial charge in [0.05, 0.1) is 17.0 Å². The predicted octanol–water partition coefficient (Wildman–Crippen LogP) is 4.43. The molecule has 19 heteroatoms. The number of carbonyl (C=O) groups is 2. The van der Waals surface area contributed by atoms with Gasteiger partial charge < -0.3 is 9.47 Å². The zero-order valence-electron chi connectivity index (χ0n) is 26.2. The number of sulfonamides is 2. The Morgan fingerprint density at radius 1 is 1.15 bits per heavy atom. The molecule has 1 atom stereocenters. The van der Waals surface area contributed by atoms with E-state index in [1.54, 1.807) is 6.92 Å². The minimum atomic E-state index is -4.86. The molecule has 1 saturated carbocycles. The second kappa shape index (κ2) is 12.1. The van der Waals surface area contributed by atoms with Gasteiger partial charge in [0.2, 0.25) is 15.6 Å². The van der Waals surface area contributed by atoms with Gasteiger partial charge in [0, 0.05) is 18.4 Å². The summed E-state index contributed by atoms with van der Waals surface area (Å²) in [6.45, 7) is 7.18. The smallest absolute Gasteiger partial charge is 0.427 e. The SMILES string of the molecule is CCn1cc(S(=O)(=O)N2CC(C#CC3(C(=O)NS(=O)(=O)C(C)(C)C)CC3)Oc3ccc(NC(=O)OC(C)(C)C(F)(F)F)cc32)c(Cl)n1. The van der Waals surface area contributed by atoms with Crippen LogP contribution in [-0.4, -0.2) is 67.8 Å². The minimum absolute atomic E-state index is 0.0442. The number of hydrogen-bond acceptors (Lipinski definition) is 9. The van der Waals surface area contributed by atoms with Crippen molar-refractivity contribution < 1.29 is 49.1 Å². The number of amides is 2. The third-order valence-corrected chi connectivity index (χ3v) is 11.6. The average Bonchev–Trinajstić information content (AvgIpc) is 3.63. The summed E-state index contributed by atoms with van der Waals surface area (Å²) in [5.41, 5.74) is -4.38. The number of halogens is 4. The molecule has 4 rings (SSSR count). The van der Waals surface area contributed by atoms with Crippen molar-refractivity contribution in [2.24, 2.45) is 5.41 Å². The molecule has 1 aromatic carbocycles. The summed E-state index contributed by atoms with van der Waals surface area (Å²) in [5, 5.41) is 5.81. The highest BCUT2D eigenvalue weighted by atomic mass is 35.5. The number of aromatic nitrogens is 2. The number of nitrogens with one attached hydrogen (secondary N) is 2. The first-order chi connectivity index (χ1) is 21.4. The van der Waals surface area contributed by atoms with E-state index in [9.17, 15) is 39.6 Å². The van der Waals surface area contributed by atoms with Crippen LogP contribution in [0.25, 0.3) is 0 Å². The topological polar surface area (TPSA) is 166 Å². The van der Waals surface area contributed by atoms with Crippen LogP contribution in [0.4, 0.5) is 29.3 Å². The molecule has 13 nitrogen and oxygen atoms in total. The highest BCUT2D eigenvalue weighted by Crippen LogP contribution is 2.46. The van der Waals surface area contributed by atoms with Crippen molar-refractivity contribution in [1.29, 1.82) is 0 Å². The van der Waals surface area contributed by atoms with Crippen LogP contribution in [0.15, 0.2) is 29.3 Å². The van der Waals surface area contributed by atoms with Gasteiger partial charge in [-0.25, -0.2) is 21.6 Å². The van der Waals surface area contributed by atoms with E-state index in [0.29, 0.717) is 20.4 Å². The van der Waals surface area contributed by atoms with Gasteiger partial charge in [-0.05, 0) is 72.6 Å². The molecule has 47 heavy (non-hydrogen) atoms. The summed E-state index contributed by atoms with van der Waals surface area (Å²) in [6, 6.07) is 3.67. The fourth-order valence-electron chi connectivity index (χ4n) is 4.02. The fraction of sp³-hybridized carbons (Fsp3) is 0.536. The maximum Gasteiger partial charge on any atom is 0.427 e. The van der Waals surface area contributed by atoms with Crippen LogP contribution in [0.3, 0.4) is 0 Å². The van der Waals surface area contributed by atoms with Crippen LogP contribution in [0.5, 0.6) is 5.75 Å². The first-order valence-corrected chi connectivity index (χ1v) is 17.5. The Hall–Kier alpha value is -3.69. The molecule has 1 fully saturated rings. The van der Waals surface area contributed by atoms with Crippen molar-refractivity contribution in [3.8, 4) is 17.6 Å². The molecular weight excluding hydrogens is 691 g/mol. The lowest BCUT2D eigenvalue weighted by Crippen LogP contribution is -2.45. The van der Waals surface area contributed by atoms with Gasteiger partial charge in [-0.15, -0.1) is 0 Å². The van der Waals surface area contributed by atoms with Gasteiger partial charge in [0.1, 0.15) is 16.1 Å². The second-order valence-corrected chi connectivity index (χ2v) is 17.0. The van der Waals surface area contributed by atoms with E-state index in [2.05, 4.69) is 31.7 Å². The molecule has 0 bridgehead atoms. The summed E-state index contributed by atoms with van der Waals surface area (Å²) in [6.07, 6.45) is -5.74. The maximum atomic E-state index is 14.0. The zero-order chi connectivity index (χ0) is 35.4. The van der Waals surface area contributed by atoms with Crippen LogP contribution < -0.4 is 19.1 Å². The lowest BCUT2D eigenvalue weighted by molar-refractivity contribution is -0.242. The van der Waals surface area contributed by atoms with E-state index >= 15 is 0 Å². The molecule has 2 amide bonds. The van der Waals surface area contributed by atoms with Crippen LogP contribution in [-0.2, 0) is 36.1 Å². The third kappa shape index (κ3) is 7.41. The number of rotatable bonds is 7. The number of anilines is 2. The first-order valence-electron chi connectivity index (χ1n) is 14.1. The summed E-state index contributed by atoms with van der Waals surface area (Å²) in [7, 11) is -8.52. The lowest BCUT2D eigenvalue weighted by Gasteiger charge is -2.33. The number of carbonyl (C=O) groups excluding carboxylic acids is 2. The van der Waals surface area contributed by atoms with E-state index in [1.165, 1.54) is 43.8 Å². The van der Waals surface area contributed by atoms with Gasteiger partial charge in [-0.3, -0.25) is 23.8 Å². The quantitative estimate of drug-likeness (QED) is 0.393. The zero-order valence-corrected chi connectivity index (χ0v) is 28.5. The molecule has 0 radical (unpaired) electrons. The van der Waals surface area contributed by atoms with Gasteiger partial charge in [0.25, 0.3) is 15.9 Å². The molecular formula is C28H33ClF3N5O8S2. The van der Waals surface area contributed by atoms with E-state index in [-0.39, 0.29) is 40.0 Å². The van der Waals surface area contributed by atoms with Crippen molar-refractivity contribution in [2.75, 3.05) is 16.2 Å². The number of aryl methyl sites for hydroxylation is 1. The second-order valence-electron chi connectivity index (χ2n) is 12.4. The van der Waals surface area contributed by atoms with Crippen molar-refractivity contribution in [3.63, 3.8) is 0 Å². The monoisotopic (exact) mass is 723 g/mol. The van der Waals surface area contributed by atoms with Crippen molar-refractivity contribution in [3.05, 3.63) is 29.5 Å². The highest BCUT2D eigenvalue weighted by molar-refractivity contribution is 7.93. The van der Waals surface area contributed by atoms with Crippen molar-refractivity contribution in [2.45, 2.75) is 88.5 Å². The number of hydrogen-bond donors (Lipinski definition) is 2. The van der Waals surface area contributed by atoms with Gasteiger partial charge in [0.15, 0.2) is 11.3 Å². The molecule has 1 aliphatic heterocycles. The van der Waals surface area contributed by atoms with Crippen molar-refractivity contribution in [1.82, 2.24) is 14.5 Å². The van der Waals surface area contributed by atoms with Crippen molar-refractivity contribution >= 4 is 55.0 Å². The normalized spacial score (nSPS) is 17.8. The largest absolute Gasteiger partial charge is 0.474 e. The molecule has 0 saturated heterocycles. The lowest BCUT2D eigenvalue weighted by atomic mass is 10.1. The summed E-state index contributed by atoms with van der Waals surface area (Å²) in [5.74, 6) is 4.68. The molecule has 2 N–H and O–H groups in total. The molecule has 2 heterocycles. The molecule has 0 spiro atoms. The Labute approximate surface area is 275 Å². The standard InChI is InChI=1S/C28H33ClF3N5O8S2/c1-7-36-16-21(22(29)34-36)46(40,41)37-15-18(10-11-27(12-13-27)23(38)35-47(42,43)25(2,3)4)44-20-9-8-17(14-19(20)37)33-24(39)45-26(5,6)28(30,31)32/h8-9,14,16,18H,7,12-13,15H2,1-6H3,(H,33,39)(H,35,38). The molecule has 2 aliphatic rings.